The van der Waals surface area contributed by atoms with Gasteiger partial charge in [0.15, 0.2) is 0 Å². The van der Waals surface area contributed by atoms with Gasteiger partial charge in [-0.25, -0.2) is 0 Å². The zero-order valence-corrected chi connectivity index (χ0v) is 10.7. The van der Waals surface area contributed by atoms with Crippen molar-refractivity contribution in [1.29, 1.82) is 0 Å². The summed E-state index contributed by atoms with van der Waals surface area (Å²) in [6.45, 7) is 0. The summed E-state index contributed by atoms with van der Waals surface area (Å²) < 4.78 is 2.02. The molecule has 3 rings (SSSR count). The number of tetrazole rings is 1. The molecule has 0 saturated heterocycles. The molecule has 0 aliphatic heterocycles. The number of rotatable bonds is 3. The van der Waals surface area contributed by atoms with E-state index in [1.165, 1.54) is 11.8 Å². The first-order chi connectivity index (χ1) is 8.83. The van der Waals surface area contributed by atoms with E-state index in [-0.39, 0.29) is 0 Å². The minimum atomic E-state index is 0.581. The fraction of sp³-hybridized carbons (Fsp3) is 0. The molecule has 1 aromatic carbocycles. The van der Waals surface area contributed by atoms with Gasteiger partial charge in [-0.1, -0.05) is 17.7 Å². The number of nitrogens with one attached hydrogen (secondary N) is 1. The summed E-state index contributed by atoms with van der Waals surface area (Å²) in [5.74, 6) is 0. The molecule has 0 aliphatic carbocycles. The second-order valence-electron chi connectivity index (χ2n) is 3.49. The highest BCUT2D eigenvalue weighted by molar-refractivity contribution is 7.99. The van der Waals surface area contributed by atoms with Gasteiger partial charge in [-0.05, 0) is 47.3 Å². The molecular weight excluding hydrogens is 270 g/mol. The second kappa shape index (κ2) is 4.83. The van der Waals surface area contributed by atoms with Gasteiger partial charge in [-0.2, -0.15) is 5.21 Å². The van der Waals surface area contributed by atoms with Crippen LogP contribution < -0.4 is 0 Å². The number of benzene rings is 1. The smallest absolute Gasteiger partial charge is 0.237 e. The van der Waals surface area contributed by atoms with Crippen LogP contribution in [0.1, 0.15) is 0 Å². The first-order valence-electron chi connectivity index (χ1n) is 5.17. The van der Waals surface area contributed by atoms with Crippen LogP contribution in [-0.4, -0.2) is 25.2 Å². The summed E-state index contributed by atoms with van der Waals surface area (Å²) in [5.41, 5.74) is 0.999. The Morgan fingerprint density at radius 1 is 1.22 bits per heavy atom. The maximum Gasteiger partial charge on any atom is 0.237 e. The van der Waals surface area contributed by atoms with Gasteiger partial charge >= 0.3 is 0 Å². The Morgan fingerprint density at radius 2 is 2.17 bits per heavy atom. The molecule has 0 aliphatic rings. The fourth-order valence-corrected chi connectivity index (χ4v) is 2.53. The van der Waals surface area contributed by atoms with E-state index in [4.69, 9.17) is 11.6 Å². The van der Waals surface area contributed by atoms with Crippen molar-refractivity contribution in [3.63, 3.8) is 0 Å². The molecule has 3 aromatic rings. The summed E-state index contributed by atoms with van der Waals surface area (Å²) in [6.07, 6.45) is 1.97. The average molecular weight is 278 g/mol. The first-order valence-corrected chi connectivity index (χ1v) is 6.37. The summed E-state index contributed by atoms with van der Waals surface area (Å²) >= 11 is 7.43. The maximum atomic E-state index is 6.00. The molecule has 5 nitrogen and oxygen atoms in total. The SMILES string of the molecule is Clc1cccc(-n2cccc2Sc2nn[nH]n2)c1. The topological polar surface area (TPSA) is 59.4 Å². The zero-order chi connectivity index (χ0) is 12.4. The normalized spacial score (nSPS) is 10.7. The number of hydrogen-bond acceptors (Lipinski definition) is 4. The zero-order valence-electron chi connectivity index (χ0n) is 9.12. The molecule has 0 fully saturated rings. The van der Waals surface area contributed by atoms with Gasteiger partial charge in [-0.3, -0.25) is 0 Å². The Balaban J connectivity index is 1.96. The van der Waals surface area contributed by atoms with Crippen molar-refractivity contribution < 1.29 is 0 Å². The van der Waals surface area contributed by atoms with Crippen LogP contribution in [0, 0.1) is 0 Å². The van der Waals surface area contributed by atoms with Crippen LogP contribution in [0.3, 0.4) is 0 Å². The molecule has 0 unspecified atom stereocenters. The molecule has 0 bridgehead atoms. The highest BCUT2D eigenvalue weighted by Crippen LogP contribution is 2.27. The van der Waals surface area contributed by atoms with Crippen LogP contribution >= 0.6 is 23.4 Å². The third-order valence-corrected chi connectivity index (χ3v) is 3.45. The van der Waals surface area contributed by atoms with E-state index in [0.717, 1.165) is 10.7 Å². The molecular formula is C11H8ClN5S. The van der Waals surface area contributed by atoms with Crippen molar-refractivity contribution >= 4 is 23.4 Å². The lowest BCUT2D eigenvalue weighted by Gasteiger charge is -2.07. The Kier molecular flexibility index (Phi) is 3.04. The molecule has 1 N–H and O–H groups in total. The molecule has 0 saturated carbocycles. The third kappa shape index (κ3) is 2.25. The van der Waals surface area contributed by atoms with Crippen molar-refractivity contribution in [2.24, 2.45) is 0 Å². The summed E-state index contributed by atoms with van der Waals surface area (Å²) in [4.78, 5) is 0. The number of halogens is 1. The number of hydrogen-bond donors (Lipinski definition) is 1. The minimum Gasteiger partial charge on any atom is -0.311 e. The molecule has 90 valence electrons. The molecule has 0 spiro atoms. The predicted octanol–water partition coefficient (Wildman–Crippen LogP) is 2.79. The third-order valence-electron chi connectivity index (χ3n) is 2.32. The summed E-state index contributed by atoms with van der Waals surface area (Å²) in [7, 11) is 0. The van der Waals surface area contributed by atoms with Crippen LogP contribution in [0.15, 0.2) is 52.8 Å². The molecule has 0 radical (unpaired) electrons. The van der Waals surface area contributed by atoms with E-state index in [1.807, 2.05) is 47.2 Å². The van der Waals surface area contributed by atoms with Gasteiger partial charge in [-0.15, -0.1) is 10.2 Å². The van der Waals surface area contributed by atoms with E-state index < -0.39 is 0 Å². The second-order valence-corrected chi connectivity index (χ2v) is 4.92. The van der Waals surface area contributed by atoms with Crippen molar-refractivity contribution in [2.45, 2.75) is 10.2 Å². The molecule has 18 heavy (non-hydrogen) atoms. The quantitative estimate of drug-likeness (QED) is 0.800. The Labute approximate surface area is 112 Å². The van der Waals surface area contributed by atoms with Crippen molar-refractivity contribution in [3.8, 4) is 5.69 Å². The van der Waals surface area contributed by atoms with Gasteiger partial charge in [0.1, 0.15) is 0 Å². The summed E-state index contributed by atoms with van der Waals surface area (Å²) in [6, 6.07) is 11.6. The minimum absolute atomic E-state index is 0.581. The van der Waals surface area contributed by atoms with Crippen molar-refractivity contribution in [3.05, 3.63) is 47.6 Å². The van der Waals surface area contributed by atoms with E-state index >= 15 is 0 Å². The molecule has 7 heteroatoms. The number of aromatic nitrogens is 5. The summed E-state index contributed by atoms with van der Waals surface area (Å²) in [5, 5.41) is 16.1. The van der Waals surface area contributed by atoms with Crippen molar-refractivity contribution in [2.75, 3.05) is 0 Å². The fourth-order valence-electron chi connectivity index (χ4n) is 1.58. The van der Waals surface area contributed by atoms with Gasteiger partial charge < -0.3 is 4.57 Å². The van der Waals surface area contributed by atoms with E-state index in [1.54, 1.807) is 0 Å². The average Bonchev–Trinajstić information content (AvgIpc) is 3.01. The largest absolute Gasteiger partial charge is 0.311 e. The van der Waals surface area contributed by atoms with E-state index in [9.17, 15) is 0 Å². The van der Waals surface area contributed by atoms with Gasteiger partial charge in [0, 0.05) is 16.9 Å². The standard InChI is InChI=1S/C11H8ClN5S/c12-8-3-1-4-9(7-8)17-6-2-5-10(17)18-11-13-15-16-14-11/h1-7H,(H,13,14,15,16). The monoisotopic (exact) mass is 277 g/mol. The Hall–Kier alpha value is -1.79. The molecule has 2 aromatic heterocycles. The van der Waals surface area contributed by atoms with Crippen LogP contribution in [0.2, 0.25) is 5.02 Å². The highest BCUT2D eigenvalue weighted by Gasteiger charge is 2.08. The predicted molar refractivity (Wildman–Crippen MR) is 69.1 cm³/mol. The lowest BCUT2D eigenvalue weighted by atomic mass is 10.3. The highest BCUT2D eigenvalue weighted by atomic mass is 35.5. The van der Waals surface area contributed by atoms with Crippen LogP contribution in [-0.2, 0) is 0 Å². The van der Waals surface area contributed by atoms with Gasteiger partial charge in [0.2, 0.25) is 5.16 Å². The lowest BCUT2D eigenvalue weighted by molar-refractivity contribution is 0.881. The Morgan fingerprint density at radius 3 is 2.94 bits per heavy atom. The number of nitrogens with zero attached hydrogens (tertiary/aromatic N) is 4. The van der Waals surface area contributed by atoms with Gasteiger partial charge in [0.25, 0.3) is 0 Å². The van der Waals surface area contributed by atoms with E-state index in [0.29, 0.717) is 10.2 Å². The molecule has 0 atom stereocenters. The number of aromatic amines is 1. The lowest BCUT2D eigenvalue weighted by Crippen LogP contribution is -1.93. The van der Waals surface area contributed by atoms with Gasteiger partial charge in [0.05, 0.1) is 5.03 Å². The molecule has 2 heterocycles. The first kappa shape index (κ1) is 11.3. The maximum absolute atomic E-state index is 6.00. The van der Waals surface area contributed by atoms with E-state index in [2.05, 4.69) is 20.6 Å². The van der Waals surface area contributed by atoms with Crippen LogP contribution in [0.4, 0.5) is 0 Å². The number of H-pyrrole nitrogens is 1. The molecule has 0 amide bonds. The Bertz CT molecular complexity index is 649. The van der Waals surface area contributed by atoms with Crippen molar-refractivity contribution in [1.82, 2.24) is 25.2 Å². The van der Waals surface area contributed by atoms with Crippen LogP contribution in [0.5, 0.6) is 0 Å². The van der Waals surface area contributed by atoms with Crippen LogP contribution in [0.25, 0.3) is 5.69 Å².